The number of likely N-dealkylation sites (N-methyl/N-ethyl adjacent to an activating group) is 1. The van der Waals surface area contributed by atoms with Crippen LogP contribution in [0.25, 0.3) is 10.9 Å². The third-order valence-corrected chi connectivity index (χ3v) is 13.1. The number of allylic oxidation sites excluding steroid dienone is 4. The lowest BCUT2D eigenvalue weighted by Crippen LogP contribution is -2.51. The van der Waals surface area contributed by atoms with Crippen LogP contribution in [-0.4, -0.2) is 93.4 Å². The molecule has 256 valence electrons. The summed E-state index contributed by atoms with van der Waals surface area (Å²) in [6.07, 6.45) is 11.7. The van der Waals surface area contributed by atoms with Crippen molar-refractivity contribution in [1.29, 1.82) is 0 Å². The van der Waals surface area contributed by atoms with Gasteiger partial charge in [0.05, 0.1) is 42.1 Å². The molecule has 48 heavy (non-hydrogen) atoms. The van der Waals surface area contributed by atoms with Gasteiger partial charge in [-0.25, -0.2) is 13.1 Å². The highest BCUT2D eigenvalue weighted by atomic mass is 32.2. The molecule has 4 aliphatic carbocycles. The first-order chi connectivity index (χ1) is 23.2. The maximum Gasteiger partial charge on any atom is 0.265 e. The number of sulfonamides is 1. The number of ether oxygens (including phenoxy) is 2. The van der Waals surface area contributed by atoms with Gasteiger partial charge in [0, 0.05) is 43.2 Å². The molecule has 0 radical (unpaired) electrons. The van der Waals surface area contributed by atoms with Gasteiger partial charge in [-0.15, -0.1) is 0 Å². The minimum absolute atomic E-state index is 0.0574. The van der Waals surface area contributed by atoms with E-state index in [4.69, 9.17) is 9.47 Å². The monoisotopic (exact) mass is 674 g/mol. The SMILES string of the molecule is COc1ccc(C2CCCCC2)c2c1cc1n2CC2=C(C(=O)NS(=O)(=O)C3CC3)C2=C2C=CC[C@@H](C(=O)N3CCOC(CN(C)C)C3)C21. The normalized spacial score (nSPS) is 25.9. The first-order valence-corrected chi connectivity index (χ1v) is 19.2. The van der Waals surface area contributed by atoms with Crippen molar-refractivity contribution >= 4 is 32.7 Å². The minimum atomic E-state index is -3.71. The molecule has 3 fully saturated rings. The Kier molecular flexibility index (Phi) is 8.07. The zero-order valence-corrected chi connectivity index (χ0v) is 29.0. The number of nitrogens with one attached hydrogen (secondary N) is 1. The molecule has 2 unspecified atom stereocenters. The molecule has 6 aliphatic rings. The molecular formula is C37H46N4O6S. The van der Waals surface area contributed by atoms with Gasteiger partial charge in [-0.1, -0.05) is 37.5 Å². The van der Waals surface area contributed by atoms with E-state index >= 15 is 0 Å². The first-order valence-electron chi connectivity index (χ1n) is 17.6. The average molecular weight is 675 g/mol. The fourth-order valence-electron chi connectivity index (χ4n) is 8.82. The van der Waals surface area contributed by atoms with Crippen molar-refractivity contribution in [3.05, 3.63) is 63.9 Å². The molecule has 0 bridgehead atoms. The van der Waals surface area contributed by atoms with E-state index in [9.17, 15) is 18.0 Å². The van der Waals surface area contributed by atoms with Gasteiger partial charge in [0.15, 0.2) is 0 Å². The maximum absolute atomic E-state index is 14.6. The lowest BCUT2D eigenvalue weighted by Gasteiger charge is -2.39. The van der Waals surface area contributed by atoms with Crippen LogP contribution in [0.3, 0.4) is 0 Å². The Hall–Kier alpha value is -3.41. The molecular weight excluding hydrogens is 628 g/mol. The summed E-state index contributed by atoms with van der Waals surface area (Å²) in [4.78, 5) is 32.4. The van der Waals surface area contributed by atoms with Gasteiger partial charge in [-0.3, -0.25) is 9.59 Å². The van der Waals surface area contributed by atoms with Crippen LogP contribution in [-0.2, 0) is 30.9 Å². The highest BCUT2D eigenvalue weighted by Gasteiger charge is 2.49. The van der Waals surface area contributed by atoms with Crippen molar-refractivity contribution in [2.45, 2.75) is 81.1 Å². The number of hydrogen-bond donors (Lipinski definition) is 1. The quantitative estimate of drug-likeness (QED) is 0.443. The van der Waals surface area contributed by atoms with Crippen LogP contribution in [0.4, 0.5) is 0 Å². The van der Waals surface area contributed by atoms with Gasteiger partial charge < -0.3 is 23.8 Å². The summed E-state index contributed by atoms with van der Waals surface area (Å²) >= 11 is 0. The van der Waals surface area contributed by atoms with Gasteiger partial charge in [0.1, 0.15) is 5.75 Å². The fraction of sp³-hybridized carbons (Fsp3) is 0.568. The first kappa shape index (κ1) is 31.8. The standard InChI is InChI=1S/C37H46N4O6S/c1-39(2)19-23-20-40(16-17-47-23)37(43)27-11-7-10-26-32(27)30-18-28-31(46-3)15-14-25(22-8-5-4-6-9-22)35(28)41(30)21-29-33(26)34(29)36(42)38-48(44,45)24-12-13-24/h7,10,14-15,18,22-24,27,32H,4-6,8-9,11-13,16-17,19-21H2,1-3H3,(H,38,42)/t23?,27-,32?/m1/s1. The molecule has 0 spiro atoms. The van der Waals surface area contributed by atoms with Crippen molar-refractivity contribution < 1.29 is 27.5 Å². The van der Waals surface area contributed by atoms with E-state index in [1.807, 2.05) is 19.0 Å². The number of carbonyl (C=O) groups excluding carboxylic acids is 2. The minimum Gasteiger partial charge on any atom is -0.496 e. The topological polar surface area (TPSA) is 110 Å². The molecule has 3 atom stereocenters. The summed E-state index contributed by atoms with van der Waals surface area (Å²) < 4.78 is 42.4. The predicted octanol–water partition coefficient (Wildman–Crippen LogP) is 4.38. The second-order valence-electron chi connectivity index (χ2n) is 14.7. The second kappa shape index (κ2) is 12.2. The number of rotatable bonds is 8. The van der Waals surface area contributed by atoms with E-state index in [2.05, 4.69) is 44.5 Å². The van der Waals surface area contributed by atoms with Crippen LogP contribution < -0.4 is 9.46 Å². The Labute approximate surface area is 282 Å². The van der Waals surface area contributed by atoms with Gasteiger partial charge in [-0.2, -0.15) is 0 Å². The molecule has 2 aliphatic heterocycles. The predicted molar refractivity (Wildman–Crippen MR) is 183 cm³/mol. The van der Waals surface area contributed by atoms with Crippen LogP contribution in [0.5, 0.6) is 5.75 Å². The Balaban J connectivity index is 1.26. The van der Waals surface area contributed by atoms with Crippen LogP contribution in [0.1, 0.15) is 74.5 Å². The van der Waals surface area contributed by atoms with Crippen molar-refractivity contribution in [2.75, 3.05) is 47.4 Å². The summed E-state index contributed by atoms with van der Waals surface area (Å²) in [5.74, 6) is 0.0886. The van der Waals surface area contributed by atoms with Crippen LogP contribution in [0, 0.1) is 5.92 Å². The van der Waals surface area contributed by atoms with Gasteiger partial charge >= 0.3 is 0 Å². The number of methoxy groups -OCH3 is 1. The molecule has 3 heterocycles. The number of morpholine rings is 1. The van der Waals surface area contributed by atoms with Crippen molar-refractivity contribution in [2.24, 2.45) is 5.92 Å². The van der Waals surface area contributed by atoms with Crippen molar-refractivity contribution in [1.82, 2.24) is 19.1 Å². The molecule has 10 nitrogen and oxygen atoms in total. The third-order valence-electron chi connectivity index (χ3n) is 11.2. The van der Waals surface area contributed by atoms with Gasteiger partial charge in [-0.05, 0) is 86.5 Å². The van der Waals surface area contributed by atoms with E-state index in [-0.39, 0.29) is 23.8 Å². The Morgan fingerprint density at radius 1 is 1.10 bits per heavy atom. The van der Waals surface area contributed by atoms with E-state index in [1.54, 1.807) is 7.11 Å². The number of aromatic nitrogens is 1. The molecule has 2 aromatic rings. The molecule has 2 amide bonds. The number of amides is 2. The van der Waals surface area contributed by atoms with Crippen molar-refractivity contribution in [3.8, 4) is 5.75 Å². The maximum atomic E-state index is 14.6. The number of carbonyl (C=O) groups is 2. The zero-order chi connectivity index (χ0) is 33.3. The average Bonchev–Trinajstić information content (AvgIpc) is 4.00. The molecule has 1 saturated heterocycles. The summed E-state index contributed by atoms with van der Waals surface area (Å²) in [5, 5.41) is 0.535. The van der Waals surface area contributed by atoms with E-state index in [0.717, 1.165) is 58.5 Å². The summed E-state index contributed by atoms with van der Waals surface area (Å²) in [6, 6.07) is 6.51. The Bertz CT molecular complexity index is 1880. The molecule has 1 N–H and O–H groups in total. The van der Waals surface area contributed by atoms with E-state index in [1.165, 1.54) is 24.8 Å². The largest absolute Gasteiger partial charge is 0.496 e. The van der Waals surface area contributed by atoms with E-state index < -0.39 is 21.2 Å². The molecule has 1 aromatic heterocycles. The number of benzene rings is 1. The molecule has 11 heteroatoms. The lowest BCUT2D eigenvalue weighted by molar-refractivity contribution is -0.144. The number of hydrogen-bond acceptors (Lipinski definition) is 7. The smallest absolute Gasteiger partial charge is 0.265 e. The van der Waals surface area contributed by atoms with Crippen LogP contribution >= 0.6 is 0 Å². The fourth-order valence-corrected chi connectivity index (χ4v) is 10.1. The third kappa shape index (κ3) is 5.51. The number of nitrogens with zero attached hydrogens (tertiary/aromatic N) is 3. The zero-order valence-electron chi connectivity index (χ0n) is 28.2. The van der Waals surface area contributed by atoms with Crippen LogP contribution in [0.15, 0.2) is 52.6 Å². The van der Waals surface area contributed by atoms with Gasteiger partial charge in [0.25, 0.3) is 5.91 Å². The molecule has 2 saturated carbocycles. The van der Waals surface area contributed by atoms with E-state index in [0.29, 0.717) is 57.0 Å². The molecule has 8 rings (SSSR count). The highest BCUT2D eigenvalue weighted by molar-refractivity contribution is 7.91. The summed E-state index contributed by atoms with van der Waals surface area (Å²) in [5.41, 5.74) is 6.54. The highest BCUT2D eigenvalue weighted by Crippen LogP contribution is 2.55. The summed E-state index contributed by atoms with van der Waals surface area (Å²) in [6.45, 7) is 2.76. The second-order valence-corrected chi connectivity index (χ2v) is 16.7. The lowest BCUT2D eigenvalue weighted by atomic mass is 9.75. The van der Waals surface area contributed by atoms with Crippen LogP contribution in [0.2, 0.25) is 0 Å². The molecule has 1 aromatic carbocycles. The van der Waals surface area contributed by atoms with Gasteiger partial charge in [0.2, 0.25) is 15.9 Å². The Morgan fingerprint density at radius 2 is 1.90 bits per heavy atom. The Morgan fingerprint density at radius 3 is 2.62 bits per heavy atom. The number of fused-ring (bicyclic) bond motifs is 6. The summed E-state index contributed by atoms with van der Waals surface area (Å²) in [7, 11) is 2.01. The van der Waals surface area contributed by atoms with Crippen molar-refractivity contribution in [3.63, 3.8) is 0 Å².